The highest BCUT2D eigenvalue weighted by molar-refractivity contribution is 5.35. The molecule has 0 bridgehead atoms. The fourth-order valence-corrected chi connectivity index (χ4v) is 2.59. The number of piperidine rings is 1. The highest BCUT2D eigenvalue weighted by Gasteiger charge is 2.25. The molecule has 21 heavy (non-hydrogen) atoms. The van der Waals surface area contributed by atoms with Crippen LogP contribution in [0, 0.1) is 5.92 Å². The molecule has 1 aliphatic rings. The summed E-state index contributed by atoms with van der Waals surface area (Å²) in [6.45, 7) is 4.32. The Labute approximate surface area is 122 Å². The van der Waals surface area contributed by atoms with Gasteiger partial charge in [0, 0.05) is 12.6 Å². The summed E-state index contributed by atoms with van der Waals surface area (Å²) >= 11 is 0. The highest BCUT2D eigenvalue weighted by Crippen LogP contribution is 2.19. The monoisotopic (exact) mass is 289 g/mol. The molecule has 3 rings (SSSR count). The van der Waals surface area contributed by atoms with Crippen molar-refractivity contribution in [3.63, 3.8) is 0 Å². The molecular weight excluding hydrogens is 270 g/mol. The van der Waals surface area contributed by atoms with Gasteiger partial charge in [-0.1, -0.05) is 6.92 Å². The lowest BCUT2D eigenvalue weighted by Gasteiger charge is -2.35. The maximum atomic E-state index is 5.76. The number of nitrogen functional groups attached to an aromatic ring is 1. The van der Waals surface area contributed by atoms with Crippen molar-refractivity contribution < 1.29 is 0 Å². The second-order valence-corrected chi connectivity index (χ2v) is 5.44. The molecular formula is C12H19N9. The van der Waals surface area contributed by atoms with Gasteiger partial charge >= 0.3 is 0 Å². The maximum Gasteiger partial charge on any atom is 0.258 e. The number of nitrogens with one attached hydrogen (secondary N) is 1. The number of likely N-dealkylation sites (tertiary alicyclic amines) is 1. The van der Waals surface area contributed by atoms with Crippen LogP contribution in [-0.2, 0) is 0 Å². The van der Waals surface area contributed by atoms with Gasteiger partial charge in [-0.05, 0) is 25.9 Å². The molecule has 2 aromatic heterocycles. The average Bonchev–Trinajstić information content (AvgIpc) is 2.95. The predicted octanol–water partition coefficient (Wildman–Crippen LogP) is -0.213. The standard InChI is InChI=1S/C12H19N9/c1-8-5-20(2)4-3-9(8)16-11-17-10(13)18-12(19-11)21-7-14-6-15-21/h6-9H,3-5H2,1-2H3,(H3,13,16,17,18,19). The smallest absolute Gasteiger partial charge is 0.258 e. The van der Waals surface area contributed by atoms with E-state index in [1.807, 2.05) is 0 Å². The van der Waals surface area contributed by atoms with Crippen molar-refractivity contribution in [2.45, 2.75) is 19.4 Å². The number of nitrogens with zero attached hydrogens (tertiary/aromatic N) is 7. The van der Waals surface area contributed by atoms with E-state index >= 15 is 0 Å². The van der Waals surface area contributed by atoms with E-state index in [1.165, 1.54) is 17.3 Å². The van der Waals surface area contributed by atoms with Gasteiger partial charge in [-0.15, -0.1) is 0 Å². The van der Waals surface area contributed by atoms with Crippen molar-refractivity contribution in [3.05, 3.63) is 12.7 Å². The van der Waals surface area contributed by atoms with E-state index in [0.717, 1.165) is 19.5 Å². The average molecular weight is 289 g/mol. The van der Waals surface area contributed by atoms with E-state index in [9.17, 15) is 0 Å². The first-order chi connectivity index (χ1) is 10.1. The molecule has 0 saturated carbocycles. The SMILES string of the molecule is CC1CN(C)CCC1Nc1nc(N)nc(-n2cncn2)n1. The summed E-state index contributed by atoms with van der Waals surface area (Å²) in [6, 6.07) is 0.326. The lowest BCUT2D eigenvalue weighted by molar-refractivity contribution is 0.206. The fourth-order valence-electron chi connectivity index (χ4n) is 2.59. The number of aromatic nitrogens is 6. The lowest BCUT2D eigenvalue weighted by Crippen LogP contribution is -2.43. The van der Waals surface area contributed by atoms with Gasteiger partial charge in [0.2, 0.25) is 11.9 Å². The second-order valence-electron chi connectivity index (χ2n) is 5.44. The molecule has 1 aliphatic heterocycles. The number of rotatable bonds is 3. The zero-order valence-electron chi connectivity index (χ0n) is 12.1. The van der Waals surface area contributed by atoms with Crippen molar-refractivity contribution in [2.24, 2.45) is 5.92 Å². The molecule has 2 unspecified atom stereocenters. The Morgan fingerprint density at radius 2 is 2.19 bits per heavy atom. The molecule has 1 fully saturated rings. The molecule has 9 heteroatoms. The summed E-state index contributed by atoms with van der Waals surface area (Å²) < 4.78 is 1.46. The molecule has 3 N–H and O–H groups in total. The van der Waals surface area contributed by atoms with Crippen LogP contribution in [-0.4, -0.2) is 60.8 Å². The summed E-state index contributed by atoms with van der Waals surface area (Å²) in [5.41, 5.74) is 5.76. The molecule has 2 aromatic rings. The Morgan fingerprint density at radius 3 is 2.90 bits per heavy atom. The fraction of sp³-hybridized carbons (Fsp3) is 0.583. The van der Waals surface area contributed by atoms with Crippen LogP contribution in [0.4, 0.5) is 11.9 Å². The van der Waals surface area contributed by atoms with Crippen LogP contribution in [0.3, 0.4) is 0 Å². The van der Waals surface area contributed by atoms with Crippen molar-refractivity contribution in [3.8, 4) is 5.95 Å². The number of nitrogens with two attached hydrogens (primary N) is 1. The minimum absolute atomic E-state index is 0.165. The molecule has 2 atom stereocenters. The first-order valence-corrected chi connectivity index (χ1v) is 6.93. The normalized spacial score (nSPS) is 23.1. The number of anilines is 2. The van der Waals surface area contributed by atoms with E-state index in [4.69, 9.17) is 5.73 Å². The van der Waals surface area contributed by atoms with E-state index in [0.29, 0.717) is 23.9 Å². The van der Waals surface area contributed by atoms with Crippen molar-refractivity contribution >= 4 is 11.9 Å². The molecule has 0 spiro atoms. The van der Waals surface area contributed by atoms with Gasteiger partial charge in [-0.2, -0.15) is 24.7 Å². The van der Waals surface area contributed by atoms with Crippen LogP contribution in [0.2, 0.25) is 0 Å². The van der Waals surface area contributed by atoms with Gasteiger partial charge < -0.3 is 16.0 Å². The predicted molar refractivity (Wildman–Crippen MR) is 77.8 cm³/mol. The van der Waals surface area contributed by atoms with Crippen LogP contribution in [0.5, 0.6) is 0 Å². The summed E-state index contributed by atoms with van der Waals surface area (Å²) in [6.07, 6.45) is 3.99. The van der Waals surface area contributed by atoms with Crippen LogP contribution >= 0.6 is 0 Å². The van der Waals surface area contributed by atoms with Crippen molar-refractivity contribution in [1.29, 1.82) is 0 Å². The van der Waals surface area contributed by atoms with Gasteiger partial charge in [-0.25, -0.2) is 4.98 Å². The third-order valence-electron chi connectivity index (χ3n) is 3.69. The highest BCUT2D eigenvalue weighted by atomic mass is 15.4. The molecule has 0 radical (unpaired) electrons. The van der Waals surface area contributed by atoms with Gasteiger partial charge in [0.05, 0.1) is 0 Å². The molecule has 0 amide bonds. The minimum Gasteiger partial charge on any atom is -0.368 e. The summed E-state index contributed by atoms with van der Waals surface area (Å²) in [5, 5.41) is 7.37. The number of hydrogen-bond acceptors (Lipinski definition) is 8. The summed E-state index contributed by atoms with van der Waals surface area (Å²) in [7, 11) is 2.14. The zero-order chi connectivity index (χ0) is 14.8. The first kappa shape index (κ1) is 13.7. The van der Waals surface area contributed by atoms with E-state index in [1.54, 1.807) is 0 Å². The summed E-state index contributed by atoms with van der Waals surface area (Å²) in [4.78, 5) is 18.8. The van der Waals surface area contributed by atoms with E-state index < -0.39 is 0 Å². The Bertz CT molecular complexity index is 597. The molecule has 0 aromatic carbocycles. The first-order valence-electron chi connectivity index (χ1n) is 6.93. The largest absolute Gasteiger partial charge is 0.368 e. The Balaban J connectivity index is 1.79. The molecule has 1 saturated heterocycles. The van der Waals surface area contributed by atoms with Gasteiger partial charge in [0.1, 0.15) is 12.7 Å². The quantitative estimate of drug-likeness (QED) is 0.798. The van der Waals surface area contributed by atoms with Crippen molar-refractivity contribution in [1.82, 2.24) is 34.6 Å². The second kappa shape index (κ2) is 5.60. The van der Waals surface area contributed by atoms with Crippen LogP contribution in [0.25, 0.3) is 5.95 Å². The Morgan fingerprint density at radius 1 is 1.33 bits per heavy atom. The van der Waals surface area contributed by atoms with Crippen LogP contribution in [0.15, 0.2) is 12.7 Å². The third kappa shape index (κ3) is 3.07. The molecule has 0 aliphatic carbocycles. The zero-order valence-corrected chi connectivity index (χ0v) is 12.1. The van der Waals surface area contributed by atoms with E-state index in [2.05, 4.69) is 49.2 Å². The lowest BCUT2D eigenvalue weighted by atomic mass is 9.94. The maximum absolute atomic E-state index is 5.76. The van der Waals surface area contributed by atoms with E-state index in [-0.39, 0.29) is 5.95 Å². The van der Waals surface area contributed by atoms with Crippen molar-refractivity contribution in [2.75, 3.05) is 31.2 Å². The topological polar surface area (TPSA) is 111 Å². The molecule has 3 heterocycles. The Hall–Kier alpha value is -2.29. The van der Waals surface area contributed by atoms with Crippen LogP contribution < -0.4 is 11.1 Å². The van der Waals surface area contributed by atoms with Crippen LogP contribution in [0.1, 0.15) is 13.3 Å². The van der Waals surface area contributed by atoms with Gasteiger partial charge in [-0.3, -0.25) is 0 Å². The third-order valence-corrected chi connectivity index (χ3v) is 3.69. The molecule has 9 nitrogen and oxygen atoms in total. The van der Waals surface area contributed by atoms with Gasteiger partial charge in [0.25, 0.3) is 5.95 Å². The van der Waals surface area contributed by atoms with Gasteiger partial charge in [0.15, 0.2) is 0 Å². The molecule has 112 valence electrons. The number of hydrogen-bond donors (Lipinski definition) is 2. The Kier molecular flexibility index (Phi) is 3.65. The minimum atomic E-state index is 0.165. The summed E-state index contributed by atoms with van der Waals surface area (Å²) in [5.74, 6) is 1.52.